The van der Waals surface area contributed by atoms with Gasteiger partial charge in [0.05, 0.1) is 28.9 Å². The average molecular weight is 400 g/mol. The van der Waals surface area contributed by atoms with Gasteiger partial charge in [-0.15, -0.1) is 0 Å². The van der Waals surface area contributed by atoms with E-state index in [0.29, 0.717) is 11.4 Å². The second-order valence-corrected chi connectivity index (χ2v) is 7.44. The molecule has 3 rings (SSSR count). The number of para-hydroxylation sites is 3. The van der Waals surface area contributed by atoms with Crippen LogP contribution >= 0.6 is 0 Å². The van der Waals surface area contributed by atoms with Crippen LogP contribution in [0.2, 0.25) is 0 Å². The van der Waals surface area contributed by atoms with E-state index in [0.717, 1.165) is 24.3 Å². The van der Waals surface area contributed by atoms with E-state index in [9.17, 15) is 17.6 Å². The largest absolute Gasteiger partial charge is 0.495 e. The number of hydrogen-bond donors (Lipinski definition) is 2. The Morgan fingerprint density at radius 2 is 1.50 bits per heavy atom. The lowest BCUT2D eigenvalue weighted by molar-refractivity contribution is 0.102. The quantitative estimate of drug-likeness (QED) is 0.658. The molecule has 8 heteroatoms. The van der Waals surface area contributed by atoms with Gasteiger partial charge >= 0.3 is 0 Å². The molecule has 144 valence electrons. The molecule has 28 heavy (non-hydrogen) atoms. The summed E-state index contributed by atoms with van der Waals surface area (Å²) in [5, 5.41) is 2.70. The minimum absolute atomic E-state index is 0.0965. The predicted molar refractivity (Wildman–Crippen MR) is 105 cm³/mol. The van der Waals surface area contributed by atoms with E-state index >= 15 is 0 Å². The molecule has 0 aromatic heterocycles. The van der Waals surface area contributed by atoms with Gasteiger partial charge in [-0.2, -0.15) is 0 Å². The first-order valence-corrected chi connectivity index (χ1v) is 9.71. The van der Waals surface area contributed by atoms with Crippen molar-refractivity contribution < 1.29 is 22.3 Å². The molecule has 0 aliphatic rings. The van der Waals surface area contributed by atoms with Gasteiger partial charge in [0.2, 0.25) is 0 Å². The molecule has 0 saturated heterocycles. The first-order chi connectivity index (χ1) is 13.4. The van der Waals surface area contributed by atoms with E-state index in [-0.39, 0.29) is 16.1 Å². The number of hydrogen-bond acceptors (Lipinski definition) is 4. The van der Waals surface area contributed by atoms with Crippen molar-refractivity contribution >= 4 is 27.3 Å². The summed E-state index contributed by atoms with van der Waals surface area (Å²) in [4.78, 5) is 12.6. The minimum Gasteiger partial charge on any atom is -0.495 e. The third-order valence-electron chi connectivity index (χ3n) is 3.90. The van der Waals surface area contributed by atoms with Gasteiger partial charge in [0, 0.05) is 0 Å². The Bertz CT molecular complexity index is 1100. The van der Waals surface area contributed by atoms with Crippen molar-refractivity contribution in [3.05, 3.63) is 84.2 Å². The highest BCUT2D eigenvalue weighted by atomic mass is 32.2. The molecule has 0 radical (unpaired) electrons. The third-order valence-corrected chi connectivity index (χ3v) is 5.28. The highest BCUT2D eigenvalue weighted by molar-refractivity contribution is 7.92. The molecule has 0 bridgehead atoms. The molecule has 1 amide bonds. The standard InChI is InChI=1S/C20H17FN2O4S/c1-27-19-9-5-4-8-18(19)22-20(24)16-6-2-3-7-17(16)23-28(25,26)15-12-10-14(21)11-13-15/h2-13,23H,1H3,(H,22,24). The van der Waals surface area contributed by atoms with Crippen LogP contribution in [0.5, 0.6) is 5.75 Å². The number of amides is 1. The molecule has 0 fully saturated rings. The SMILES string of the molecule is COc1ccccc1NC(=O)c1ccccc1NS(=O)(=O)c1ccc(F)cc1. The maximum atomic E-state index is 13.1. The van der Waals surface area contributed by atoms with Gasteiger partial charge < -0.3 is 10.1 Å². The molecule has 6 nitrogen and oxygen atoms in total. The van der Waals surface area contributed by atoms with Crippen molar-refractivity contribution in [2.24, 2.45) is 0 Å². The number of halogens is 1. The monoisotopic (exact) mass is 400 g/mol. The Morgan fingerprint density at radius 3 is 2.18 bits per heavy atom. The first kappa shape index (κ1) is 19.4. The van der Waals surface area contributed by atoms with Crippen molar-refractivity contribution in [3.8, 4) is 5.75 Å². The van der Waals surface area contributed by atoms with E-state index in [4.69, 9.17) is 4.74 Å². The molecule has 0 atom stereocenters. The van der Waals surface area contributed by atoms with Gasteiger partial charge in [0.15, 0.2) is 0 Å². The molecular weight excluding hydrogens is 383 g/mol. The third kappa shape index (κ3) is 4.29. The number of carbonyl (C=O) groups excluding carboxylic acids is 1. The van der Waals surface area contributed by atoms with Gasteiger partial charge in [0.25, 0.3) is 15.9 Å². The Balaban J connectivity index is 1.88. The van der Waals surface area contributed by atoms with Crippen LogP contribution in [0.3, 0.4) is 0 Å². The normalized spacial score (nSPS) is 10.9. The van der Waals surface area contributed by atoms with Gasteiger partial charge in [-0.05, 0) is 48.5 Å². The minimum atomic E-state index is -3.99. The zero-order valence-corrected chi connectivity index (χ0v) is 15.7. The molecule has 3 aromatic carbocycles. The van der Waals surface area contributed by atoms with Crippen molar-refractivity contribution in [2.45, 2.75) is 4.90 Å². The Morgan fingerprint density at radius 1 is 0.893 bits per heavy atom. The number of anilines is 2. The molecule has 0 aliphatic carbocycles. The summed E-state index contributed by atoms with van der Waals surface area (Å²) in [6, 6.07) is 17.4. The summed E-state index contributed by atoms with van der Waals surface area (Å²) < 4.78 is 45.8. The van der Waals surface area contributed by atoms with E-state index in [1.165, 1.54) is 19.2 Å². The van der Waals surface area contributed by atoms with Gasteiger partial charge in [0.1, 0.15) is 11.6 Å². The van der Waals surface area contributed by atoms with Crippen LogP contribution < -0.4 is 14.8 Å². The zero-order valence-electron chi connectivity index (χ0n) is 14.8. The summed E-state index contributed by atoms with van der Waals surface area (Å²) in [6.45, 7) is 0. The summed E-state index contributed by atoms with van der Waals surface area (Å²) in [5.74, 6) is -0.585. The number of ether oxygens (including phenoxy) is 1. The summed E-state index contributed by atoms with van der Waals surface area (Å²) in [6.07, 6.45) is 0. The maximum Gasteiger partial charge on any atom is 0.261 e. The average Bonchev–Trinajstić information content (AvgIpc) is 2.69. The van der Waals surface area contributed by atoms with E-state index in [2.05, 4.69) is 10.0 Å². The Kier molecular flexibility index (Phi) is 5.60. The number of benzene rings is 3. The summed E-state index contributed by atoms with van der Waals surface area (Å²) >= 11 is 0. The summed E-state index contributed by atoms with van der Waals surface area (Å²) in [5.41, 5.74) is 0.671. The van der Waals surface area contributed by atoms with Gasteiger partial charge in [-0.25, -0.2) is 12.8 Å². The lowest BCUT2D eigenvalue weighted by Crippen LogP contribution is -2.18. The van der Waals surface area contributed by atoms with Crippen molar-refractivity contribution in [1.82, 2.24) is 0 Å². The molecule has 2 N–H and O–H groups in total. The van der Waals surface area contributed by atoms with Crippen LogP contribution in [-0.2, 0) is 10.0 Å². The topological polar surface area (TPSA) is 84.5 Å². The maximum absolute atomic E-state index is 13.1. The van der Waals surface area contributed by atoms with Crippen LogP contribution in [-0.4, -0.2) is 21.4 Å². The second-order valence-electron chi connectivity index (χ2n) is 5.76. The smallest absolute Gasteiger partial charge is 0.261 e. The molecule has 0 heterocycles. The molecule has 0 unspecified atom stereocenters. The number of nitrogens with one attached hydrogen (secondary N) is 2. The number of methoxy groups -OCH3 is 1. The van der Waals surface area contributed by atoms with E-state index in [1.807, 2.05) is 0 Å². The zero-order chi connectivity index (χ0) is 20.1. The van der Waals surface area contributed by atoms with E-state index in [1.54, 1.807) is 36.4 Å². The molecule has 0 aliphatic heterocycles. The van der Waals surface area contributed by atoms with Crippen LogP contribution in [0.1, 0.15) is 10.4 Å². The molecule has 0 spiro atoms. The fraction of sp³-hybridized carbons (Fsp3) is 0.0500. The molecule has 3 aromatic rings. The number of carbonyl (C=O) groups is 1. The van der Waals surface area contributed by atoms with Crippen LogP contribution in [0, 0.1) is 5.82 Å². The number of rotatable bonds is 6. The predicted octanol–water partition coefficient (Wildman–Crippen LogP) is 3.89. The van der Waals surface area contributed by atoms with Gasteiger partial charge in [-0.3, -0.25) is 9.52 Å². The molecular formula is C20H17FN2O4S. The fourth-order valence-electron chi connectivity index (χ4n) is 2.53. The van der Waals surface area contributed by atoms with Crippen LogP contribution in [0.25, 0.3) is 0 Å². The highest BCUT2D eigenvalue weighted by Gasteiger charge is 2.19. The highest BCUT2D eigenvalue weighted by Crippen LogP contribution is 2.26. The first-order valence-electron chi connectivity index (χ1n) is 8.22. The fourth-order valence-corrected chi connectivity index (χ4v) is 3.60. The second kappa shape index (κ2) is 8.10. The lowest BCUT2D eigenvalue weighted by Gasteiger charge is -2.14. The van der Waals surface area contributed by atoms with Crippen molar-refractivity contribution in [3.63, 3.8) is 0 Å². The van der Waals surface area contributed by atoms with Crippen molar-refractivity contribution in [1.29, 1.82) is 0 Å². The van der Waals surface area contributed by atoms with Gasteiger partial charge in [-0.1, -0.05) is 24.3 Å². The Hall–Kier alpha value is -3.39. The summed E-state index contributed by atoms with van der Waals surface area (Å²) in [7, 11) is -2.51. The molecule has 0 saturated carbocycles. The van der Waals surface area contributed by atoms with Crippen LogP contribution in [0.4, 0.5) is 15.8 Å². The Labute approximate surface area is 162 Å². The van der Waals surface area contributed by atoms with Crippen LogP contribution in [0.15, 0.2) is 77.7 Å². The number of sulfonamides is 1. The van der Waals surface area contributed by atoms with E-state index < -0.39 is 21.7 Å². The van der Waals surface area contributed by atoms with Crippen molar-refractivity contribution in [2.75, 3.05) is 17.1 Å². The lowest BCUT2D eigenvalue weighted by atomic mass is 10.1.